The van der Waals surface area contributed by atoms with Gasteiger partial charge in [-0.2, -0.15) is 0 Å². The van der Waals surface area contributed by atoms with Crippen LogP contribution in [0, 0.1) is 5.92 Å². The van der Waals surface area contributed by atoms with Crippen LogP contribution in [-0.4, -0.2) is 17.1 Å². The Morgan fingerprint density at radius 2 is 2.16 bits per heavy atom. The zero-order valence-corrected chi connectivity index (χ0v) is 11.1. The number of hydrogen-bond donors (Lipinski definition) is 2. The monoisotopic (exact) mass is 257 g/mol. The molecule has 19 heavy (non-hydrogen) atoms. The summed E-state index contributed by atoms with van der Waals surface area (Å²) in [6, 6.07) is 8.77. The number of aromatic nitrogens is 2. The molecule has 1 aliphatic rings. The van der Waals surface area contributed by atoms with Crippen molar-refractivity contribution in [3.05, 3.63) is 48.0 Å². The molecule has 100 valence electrons. The predicted molar refractivity (Wildman–Crippen MR) is 73.9 cm³/mol. The van der Waals surface area contributed by atoms with Crippen molar-refractivity contribution in [1.82, 2.24) is 15.3 Å². The molecule has 3 rings (SSSR count). The molecular formula is C15H19N3O. The fourth-order valence-corrected chi connectivity index (χ4v) is 2.40. The quantitative estimate of drug-likeness (QED) is 0.836. The second kappa shape index (κ2) is 5.45. The van der Waals surface area contributed by atoms with Gasteiger partial charge in [0.05, 0.1) is 13.7 Å². The normalized spacial score (nSPS) is 16.3. The molecule has 4 nitrogen and oxygen atoms in total. The smallest absolute Gasteiger partial charge is 0.120 e. The van der Waals surface area contributed by atoms with Gasteiger partial charge in [0, 0.05) is 18.4 Å². The lowest BCUT2D eigenvalue weighted by molar-refractivity contribution is 0.413. The van der Waals surface area contributed by atoms with Crippen LogP contribution in [0.15, 0.2) is 36.7 Å². The number of methoxy groups -OCH3 is 1. The van der Waals surface area contributed by atoms with Gasteiger partial charge in [-0.15, -0.1) is 0 Å². The minimum absolute atomic E-state index is 0.413. The van der Waals surface area contributed by atoms with E-state index in [2.05, 4.69) is 27.4 Å². The molecule has 1 unspecified atom stereocenters. The standard InChI is InChI=1S/C15H19N3O/c1-19-13-6-4-12(5-7-13)15(11-2-3-11)18-10-14-16-8-9-17-14/h4-9,11,15,18H,2-3,10H2,1H3,(H,16,17). The number of ether oxygens (including phenoxy) is 1. The summed E-state index contributed by atoms with van der Waals surface area (Å²) in [6.45, 7) is 0.778. The molecule has 0 bridgehead atoms. The van der Waals surface area contributed by atoms with Crippen LogP contribution in [0.2, 0.25) is 0 Å². The van der Waals surface area contributed by atoms with Crippen molar-refractivity contribution in [3.8, 4) is 5.75 Å². The van der Waals surface area contributed by atoms with Gasteiger partial charge in [-0.25, -0.2) is 4.98 Å². The highest BCUT2D eigenvalue weighted by Crippen LogP contribution is 2.41. The largest absolute Gasteiger partial charge is 0.497 e. The van der Waals surface area contributed by atoms with Crippen molar-refractivity contribution in [1.29, 1.82) is 0 Å². The summed E-state index contributed by atoms with van der Waals surface area (Å²) in [4.78, 5) is 7.38. The minimum Gasteiger partial charge on any atom is -0.497 e. The van der Waals surface area contributed by atoms with Crippen LogP contribution in [0.25, 0.3) is 0 Å². The molecule has 1 heterocycles. The SMILES string of the molecule is COc1ccc(C(NCc2ncc[nH]2)C2CC2)cc1. The average molecular weight is 257 g/mol. The fourth-order valence-electron chi connectivity index (χ4n) is 2.40. The maximum Gasteiger partial charge on any atom is 0.120 e. The molecule has 0 saturated heterocycles. The molecule has 1 fully saturated rings. The van der Waals surface area contributed by atoms with Crippen LogP contribution in [-0.2, 0) is 6.54 Å². The van der Waals surface area contributed by atoms with Gasteiger partial charge in [0.2, 0.25) is 0 Å². The van der Waals surface area contributed by atoms with E-state index in [0.717, 1.165) is 24.0 Å². The van der Waals surface area contributed by atoms with Crippen molar-refractivity contribution in [2.24, 2.45) is 5.92 Å². The topological polar surface area (TPSA) is 49.9 Å². The lowest BCUT2D eigenvalue weighted by Crippen LogP contribution is -2.23. The van der Waals surface area contributed by atoms with Gasteiger partial charge in [-0.05, 0) is 36.5 Å². The van der Waals surface area contributed by atoms with E-state index in [1.54, 1.807) is 13.3 Å². The number of aromatic amines is 1. The maximum absolute atomic E-state index is 5.21. The Labute approximate surface area is 113 Å². The van der Waals surface area contributed by atoms with E-state index in [0.29, 0.717) is 6.04 Å². The van der Waals surface area contributed by atoms with Crippen LogP contribution < -0.4 is 10.1 Å². The molecule has 0 amide bonds. The first-order valence-corrected chi connectivity index (χ1v) is 6.72. The third kappa shape index (κ3) is 2.96. The number of benzene rings is 1. The first kappa shape index (κ1) is 12.2. The summed E-state index contributed by atoms with van der Waals surface area (Å²) in [7, 11) is 1.70. The van der Waals surface area contributed by atoms with Crippen molar-refractivity contribution in [2.75, 3.05) is 7.11 Å². The van der Waals surface area contributed by atoms with E-state index in [1.807, 2.05) is 18.3 Å². The van der Waals surface area contributed by atoms with E-state index in [9.17, 15) is 0 Å². The minimum atomic E-state index is 0.413. The Bertz CT molecular complexity index is 503. The molecule has 0 radical (unpaired) electrons. The van der Waals surface area contributed by atoms with Crippen LogP contribution >= 0.6 is 0 Å². The highest BCUT2D eigenvalue weighted by Gasteiger charge is 2.32. The van der Waals surface area contributed by atoms with Crippen LogP contribution in [0.1, 0.15) is 30.3 Å². The number of nitrogens with zero attached hydrogens (tertiary/aromatic N) is 1. The van der Waals surface area contributed by atoms with Crippen molar-refractivity contribution < 1.29 is 4.74 Å². The zero-order valence-electron chi connectivity index (χ0n) is 11.1. The zero-order chi connectivity index (χ0) is 13.1. The lowest BCUT2D eigenvalue weighted by Gasteiger charge is -2.18. The Balaban J connectivity index is 1.69. The van der Waals surface area contributed by atoms with Gasteiger partial charge in [-0.3, -0.25) is 0 Å². The molecule has 2 aromatic rings. The number of rotatable bonds is 6. The number of nitrogens with one attached hydrogen (secondary N) is 2. The number of H-pyrrole nitrogens is 1. The molecule has 0 spiro atoms. The summed E-state index contributed by atoms with van der Waals surface area (Å²) < 4.78 is 5.21. The van der Waals surface area contributed by atoms with Gasteiger partial charge in [-0.1, -0.05) is 12.1 Å². The lowest BCUT2D eigenvalue weighted by atomic mass is 10.0. The third-order valence-electron chi connectivity index (χ3n) is 3.61. The summed E-state index contributed by atoms with van der Waals surface area (Å²) in [5, 5.41) is 3.60. The Morgan fingerprint density at radius 3 is 2.74 bits per heavy atom. The van der Waals surface area contributed by atoms with E-state index in [1.165, 1.54) is 18.4 Å². The molecule has 1 aliphatic carbocycles. The second-order valence-electron chi connectivity index (χ2n) is 5.01. The van der Waals surface area contributed by atoms with Crippen molar-refractivity contribution >= 4 is 0 Å². The third-order valence-corrected chi connectivity index (χ3v) is 3.61. The Kier molecular flexibility index (Phi) is 3.51. The second-order valence-corrected chi connectivity index (χ2v) is 5.01. The van der Waals surface area contributed by atoms with E-state index < -0.39 is 0 Å². The molecule has 1 saturated carbocycles. The molecular weight excluding hydrogens is 238 g/mol. The van der Waals surface area contributed by atoms with Gasteiger partial charge in [0.25, 0.3) is 0 Å². The summed E-state index contributed by atoms with van der Waals surface area (Å²) in [5.74, 6) is 2.65. The van der Waals surface area contributed by atoms with Gasteiger partial charge in [0.1, 0.15) is 11.6 Å². The number of imidazole rings is 1. The molecule has 2 N–H and O–H groups in total. The summed E-state index contributed by atoms with van der Waals surface area (Å²) >= 11 is 0. The van der Waals surface area contributed by atoms with Crippen LogP contribution in [0.3, 0.4) is 0 Å². The first-order chi connectivity index (χ1) is 9.36. The fraction of sp³-hybridized carbons (Fsp3) is 0.400. The first-order valence-electron chi connectivity index (χ1n) is 6.72. The highest BCUT2D eigenvalue weighted by molar-refractivity contribution is 5.30. The van der Waals surface area contributed by atoms with Gasteiger partial charge < -0.3 is 15.0 Å². The maximum atomic E-state index is 5.21. The van der Waals surface area contributed by atoms with E-state index in [4.69, 9.17) is 4.74 Å². The highest BCUT2D eigenvalue weighted by atomic mass is 16.5. The Morgan fingerprint density at radius 1 is 1.37 bits per heavy atom. The summed E-state index contributed by atoms with van der Waals surface area (Å²) in [6.07, 6.45) is 6.26. The van der Waals surface area contributed by atoms with E-state index in [-0.39, 0.29) is 0 Å². The van der Waals surface area contributed by atoms with Crippen LogP contribution in [0.5, 0.6) is 5.75 Å². The molecule has 4 heteroatoms. The summed E-state index contributed by atoms with van der Waals surface area (Å²) in [5.41, 5.74) is 1.33. The number of hydrogen-bond acceptors (Lipinski definition) is 3. The van der Waals surface area contributed by atoms with Crippen LogP contribution in [0.4, 0.5) is 0 Å². The predicted octanol–water partition coefficient (Wildman–Crippen LogP) is 2.66. The van der Waals surface area contributed by atoms with Crippen molar-refractivity contribution in [3.63, 3.8) is 0 Å². The average Bonchev–Trinajstić information content (AvgIpc) is 3.15. The van der Waals surface area contributed by atoms with Gasteiger partial charge >= 0.3 is 0 Å². The molecule has 0 aliphatic heterocycles. The molecule has 1 atom stereocenters. The Hall–Kier alpha value is -1.81. The van der Waals surface area contributed by atoms with E-state index >= 15 is 0 Å². The van der Waals surface area contributed by atoms with Crippen molar-refractivity contribution in [2.45, 2.75) is 25.4 Å². The van der Waals surface area contributed by atoms with Gasteiger partial charge in [0.15, 0.2) is 0 Å². The molecule has 1 aromatic carbocycles. The molecule has 1 aromatic heterocycles.